The van der Waals surface area contributed by atoms with Crippen LogP contribution in [0.5, 0.6) is 0 Å². The van der Waals surface area contributed by atoms with Gasteiger partial charge in [0.1, 0.15) is 0 Å². The van der Waals surface area contributed by atoms with Crippen molar-refractivity contribution >= 4 is 5.69 Å². The summed E-state index contributed by atoms with van der Waals surface area (Å²) in [7, 11) is 0. The van der Waals surface area contributed by atoms with Crippen molar-refractivity contribution in [1.29, 1.82) is 0 Å². The number of oxazole rings is 1. The third kappa shape index (κ3) is 4.13. The number of nitro benzene ring substituents is 1. The summed E-state index contributed by atoms with van der Waals surface area (Å²) >= 11 is 0. The molecule has 0 aliphatic carbocycles. The van der Waals surface area contributed by atoms with Crippen LogP contribution in [0.25, 0.3) is 11.3 Å². The van der Waals surface area contributed by atoms with E-state index in [1.165, 1.54) is 6.07 Å². The quantitative estimate of drug-likeness (QED) is 0.481. The molecule has 0 aliphatic heterocycles. The Balaban J connectivity index is 2.05. The predicted molar refractivity (Wildman–Crippen MR) is 80.0 cm³/mol. The molecular weight excluding hydrogens is 270 g/mol. The molecule has 21 heavy (non-hydrogen) atoms. The van der Waals surface area contributed by atoms with Gasteiger partial charge in [0.25, 0.3) is 5.69 Å². The Bertz CT molecular complexity index is 608. The van der Waals surface area contributed by atoms with Crippen LogP contribution in [0.2, 0.25) is 0 Å². The smallest absolute Gasteiger partial charge is 0.280 e. The maximum atomic E-state index is 11.0. The first-order valence-electron chi connectivity index (χ1n) is 6.97. The Kier molecular flexibility index (Phi) is 5.05. The maximum Gasteiger partial charge on any atom is 0.280 e. The van der Waals surface area contributed by atoms with Crippen LogP contribution >= 0.6 is 0 Å². The highest BCUT2D eigenvalue weighted by Crippen LogP contribution is 2.29. The lowest BCUT2D eigenvalue weighted by Crippen LogP contribution is -2.22. The molecule has 0 saturated carbocycles. The topological polar surface area (TPSA) is 81.2 Å². The molecule has 112 valence electrons. The van der Waals surface area contributed by atoms with Gasteiger partial charge in [-0.2, -0.15) is 0 Å². The molecule has 0 fully saturated rings. The molecule has 2 aromatic rings. The van der Waals surface area contributed by atoms with Gasteiger partial charge < -0.3 is 9.73 Å². The number of aromatic nitrogens is 1. The van der Waals surface area contributed by atoms with Crippen LogP contribution in [-0.4, -0.2) is 23.0 Å². The van der Waals surface area contributed by atoms with E-state index in [2.05, 4.69) is 24.1 Å². The second-order valence-corrected chi connectivity index (χ2v) is 5.24. The first kappa shape index (κ1) is 15.2. The number of hydrogen-bond donors (Lipinski definition) is 1. The first-order chi connectivity index (χ1) is 10.1. The molecule has 1 heterocycles. The third-order valence-corrected chi connectivity index (χ3v) is 2.99. The van der Waals surface area contributed by atoms with Crippen molar-refractivity contribution < 1.29 is 9.34 Å². The van der Waals surface area contributed by atoms with Crippen molar-refractivity contribution in [2.24, 2.45) is 5.92 Å². The van der Waals surface area contributed by atoms with Gasteiger partial charge in [-0.25, -0.2) is 4.98 Å². The number of nitro groups is 1. The average Bonchev–Trinajstić information content (AvgIpc) is 2.92. The lowest BCUT2D eigenvalue weighted by molar-refractivity contribution is -0.384. The van der Waals surface area contributed by atoms with Crippen LogP contribution in [0.15, 0.2) is 34.9 Å². The summed E-state index contributed by atoms with van der Waals surface area (Å²) < 4.78 is 5.61. The molecule has 0 amide bonds. The van der Waals surface area contributed by atoms with E-state index in [1.807, 2.05) is 0 Å². The Morgan fingerprint density at radius 3 is 2.86 bits per heavy atom. The van der Waals surface area contributed by atoms with Crippen LogP contribution < -0.4 is 5.32 Å². The standard InChI is InChI=1S/C15H19N3O3/c1-11(2)9-16-8-7-15-17-10-14(21-15)12-5-3-4-6-13(12)18(19)20/h3-6,10-11,16H,7-9H2,1-2H3. The van der Waals surface area contributed by atoms with Crippen LogP contribution in [0.1, 0.15) is 19.7 Å². The van der Waals surface area contributed by atoms with E-state index >= 15 is 0 Å². The molecule has 0 spiro atoms. The molecule has 1 aromatic carbocycles. The van der Waals surface area contributed by atoms with Gasteiger partial charge in [-0.15, -0.1) is 0 Å². The minimum Gasteiger partial charge on any atom is -0.440 e. The van der Waals surface area contributed by atoms with Gasteiger partial charge in [-0.05, 0) is 18.5 Å². The van der Waals surface area contributed by atoms with Crippen LogP contribution in [0.4, 0.5) is 5.69 Å². The van der Waals surface area contributed by atoms with Crippen molar-refractivity contribution in [3.63, 3.8) is 0 Å². The van der Waals surface area contributed by atoms with Crippen LogP contribution in [0, 0.1) is 16.0 Å². The fourth-order valence-corrected chi connectivity index (χ4v) is 1.98. The van der Waals surface area contributed by atoms with Gasteiger partial charge in [-0.3, -0.25) is 10.1 Å². The summed E-state index contributed by atoms with van der Waals surface area (Å²) in [4.78, 5) is 14.8. The minimum absolute atomic E-state index is 0.0260. The molecule has 6 nitrogen and oxygen atoms in total. The molecule has 1 aromatic heterocycles. The average molecular weight is 289 g/mol. The summed E-state index contributed by atoms with van der Waals surface area (Å²) in [5, 5.41) is 14.3. The van der Waals surface area contributed by atoms with Gasteiger partial charge in [0.2, 0.25) is 0 Å². The Morgan fingerprint density at radius 1 is 1.38 bits per heavy atom. The van der Waals surface area contributed by atoms with E-state index < -0.39 is 4.92 Å². The van der Waals surface area contributed by atoms with Gasteiger partial charge in [0.15, 0.2) is 11.7 Å². The third-order valence-electron chi connectivity index (χ3n) is 2.99. The summed E-state index contributed by atoms with van der Waals surface area (Å²) in [5.74, 6) is 1.61. The zero-order chi connectivity index (χ0) is 15.2. The maximum absolute atomic E-state index is 11.0. The molecule has 0 radical (unpaired) electrons. The van der Waals surface area contributed by atoms with E-state index in [1.54, 1.807) is 24.4 Å². The van der Waals surface area contributed by atoms with Gasteiger partial charge in [-0.1, -0.05) is 26.0 Å². The molecule has 0 atom stereocenters. The lowest BCUT2D eigenvalue weighted by Gasteiger charge is -2.05. The van der Waals surface area contributed by atoms with Crippen molar-refractivity contribution in [3.05, 3.63) is 46.5 Å². The first-order valence-corrected chi connectivity index (χ1v) is 6.97. The second-order valence-electron chi connectivity index (χ2n) is 5.24. The number of nitrogens with one attached hydrogen (secondary N) is 1. The van der Waals surface area contributed by atoms with Crippen molar-refractivity contribution in [2.45, 2.75) is 20.3 Å². The molecule has 0 saturated heterocycles. The molecule has 0 aliphatic rings. The van der Waals surface area contributed by atoms with E-state index in [0.717, 1.165) is 13.1 Å². The predicted octanol–water partition coefficient (Wildman–Crippen LogP) is 3.04. The second kappa shape index (κ2) is 6.99. The molecule has 0 bridgehead atoms. The summed E-state index contributed by atoms with van der Waals surface area (Å²) in [6, 6.07) is 6.50. The largest absolute Gasteiger partial charge is 0.440 e. The monoisotopic (exact) mass is 289 g/mol. The molecule has 0 unspecified atom stereocenters. The van der Waals surface area contributed by atoms with E-state index in [9.17, 15) is 10.1 Å². The Labute approximate surface area is 123 Å². The number of para-hydroxylation sites is 1. The number of benzene rings is 1. The zero-order valence-corrected chi connectivity index (χ0v) is 12.2. The van der Waals surface area contributed by atoms with Crippen molar-refractivity contribution in [3.8, 4) is 11.3 Å². The minimum atomic E-state index is -0.415. The van der Waals surface area contributed by atoms with Crippen molar-refractivity contribution in [2.75, 3.05) is 13.1 Å². The number of nitrogens with zero attached hydrogens (tertiary/aromatic N) is 2. The number of hydrogen-bond acceptors (Lipinski definition) is 5. The Morgan fingerprint density at radius 2 is 2.14 bits per heavy atom. The highest BCUT2D eigenvalue weighted by molar-refractivity contribution is 5.68. The van der Waals surface area contributed by atoms with E-state index in [-0.39, 0.29) is 5.69 Å². The Hall–Kier alpha value is -2.21. The van der Waals surface area contributed by atoms with E-state index in [0.29, 0.717) is 29.6 Å². The molecule has 6 heteroatoms. The molecule has 2 rings (SSSR count). The van der Waals surface area contributed by atoms with Gasteiger partial charge in [0.05, 0.1) is 16.7 Å². The van der Waals surface area contributed by atoms with Crippen LogP contribution in [-0.2, 0) is 6.42 Å². The SMILES string of the molecule is CC(C)CNCCc1ncc(-c2ccccc2[N+](=O)[O-])o1. The summed E-state index contributed by atoms with van der Waals surface area (Å²) in [6.45, 7) is 6.00. The van der Waals surface area contributed by atoms with Gasteiger partial charge in [0, 0.05) is 19.0 Å². The van der Waals surface area contributed by atoms with Gasteiger partial charge >= 0.3 is 0 Å². The number of rotatable bonds is 7. The fourth-order valence-electron chi connectivity index (χ4n) is 1.98. The van der Waals surface area contributed by atoms with Crippen LogP contribution in [0.3, 0.4) is 0 Å². The lowest BCUT2D eigenvalue weighted by atomic mass is 10.1. The highest BCUT2D eigenvalue weighted by atomic mass is 16.6. The fraction of sp³-hybridized carbons (Fsp3) is 0.400. The molecular formula is C15H19N3O3. The van der Waals surface area contributed by atoms with Crippen molar-refractivity contribution in [1.82, 2.24) is 10.3 Å². The zero-order valence-electron chi connectivity index (χ0n) is 12.2. The highest BCUT2D eigenvalue weighted by Gasteiger charge is 2.17. The van der Waals surface area contributed by atoms with E-state index in [4.69, 9.17) is 4.42 Å². The molecule has 1 N–H and O–H groups in total. The normalized spacial score (nSPS) is 11.0. The summed E-state index contributed by atoms with van der Waals surface area (Å²) in [5.41, 5.74) is 0.481. The summed E-state index contributed by atoms with van der Waals surface area (Å²) in [6.07, 6.45) is 2.20.